The van der Waals surface area contributed by atoms with E-state index in [1.54, 1.807) is 13.8 Å². The molecule has 0 aliphatic carbocycles. The SMILES string of the molecule is C=C([C@H](O)C[C@H]1O[C@@H]2OC(C)(C)O[C@@H]2[C@H]1O[Si](C)(C)C(C)(C)C)[C@H]1OC(C)(C)O[C@@H]1[C@H](Cl)CO. The zero-order chi connectivity index (χ0) is 25.9. The van der Waals surface area contributed by atoms with Crippen molar-refractivity contribution in [1.82, 2.24) is 0 Å². The topological polar surface area (TPSA) is 95.8 Å². The van der Waals surface area contributed by atoms with Crippen molar-refractivity contribution < 1.29 is 38.3 Å². The zero-order valence-electron chi connectivity index (χ0n) is 22.0. The summed E-state index contributed by atoms with van der Waals surface area (Å²) in [5, 5.41) is 20.0. The van der Waals surface area contributed by atoms with Crippen molar-refractivity contribution in [3.8, 4) is 0 Å². The molecule has 198 valence electrons. The lowest BCUT2D eigenvalue weighted by molar-refractivity contribution is -0.216. The molecule has 0 amide bonds. The molecule has 34 heavy (non-hydrogen) atoms. The fourth-order valence-electron chi connectivity index (χ4n) is 4.40. The van der Waals surface area contributed by atoms with Gasteiger partial charge in [0.15, 0.2) is 26.2 Å². The second-order valence-corrected chi connectivity index (χ2v) is 17.3. The Hall–Kier alpha value is -0.0731. The van der Waals surface area contributed by atoms with Crippen molar-refractivity contribution in [2.24, 2.45) is 0 Å². The van der Waals surface area contributed by atoms with E-state index in [0.717, 1.165) is 0 Å². The minimum absolute atomic E-state index is 0.0136. The summed E-state index contributed by atoms with van der Waals surface area (Å²) in [6, 6.07) is 0. The largest absolute Gasteiger partial charge is 0.408 e. The lowest BCUT2D eigenvalue weighted by Crippen LogP contribution is -2.50. The van der Waals surface area contributed by atoms with Gasteiger partial charge in [-0.3, -0.25) is 0 Å². The van der Waals surface area contributed by atoms with E-state index in [0.29, 0.717) is 5.57 Å². The highest BCUT2D eigenvalue weighted by Crippen LogP contribution is 2.45. The van der Waals surface area contributed by atoms with Gasteiger partial charge in [0, 0.05) is 6.42 Å². The van der Waals surface area contributed by atoms with Gasteiger partial charge in [0.25, 0.3) is 0 Å². The van der Waals surface area contributed by atoms with Gasteiger partial charge in [0.05, 0.1) is 24.2 Å². The number of fused-ring (bicyclic) bond motifs is 1. The molecule has 3 rings (SSSR count). The molecule has 0 radical (unpaired) electrons. The molecule has 0 saturated carbocycles. The molecule has 3 saturated heterocycles. The Morgan fingerprint density at radius 2 is 1.68 bits per heavy atom. The first kappa shape index (κ1) is 28.5. The number of halogens is 1. The molecule has 8 nitrogen and oxygen atoms in total. The molecule has 0 unspecified atom stereocenters. The maximum Gasteiger partial charge on any atom is 0.192 e. The minimum atomic E-state index is -2.18. The monoisotopic (exact) mass is 522 g/mol. The maximum atomic E-state index is 11.2. The van der Waals surface area contributed by atoms with Gasteiger partial charge in [-0.2, -0.15) is 0 Å². The van der Waals surface area contributed by atoms with E-state index < -0.39 is 68.2 Å². The van der Waals surface area contributed by atoms with Crippen molar-refractivity contribution in [1.29, 1.82) is 0 Å². The summed E-state index contributed by atoms with van der Waals surface area (Å²) >= 11 is 6.29. The van der Waals surface area contributed by atoms with E-state index in [-0.39, 0.29) is 18.1 Å². The molecule has 3 heterocycles. The highest BCUT2D eigenvalue weighted by molar-refractivity contribution is 6.74. The number of ether oxygens (including phenoxy) is 5. The van der Waals surface area contributed by atoms with E-state index >= 15 is 0 Å². The predicted molar refractivity (Wildman–Crippen MR) is 131 cm³/mol. The van der Waals surface area contributed by atoms with Crippen LogP contribution in [0.3, 0.4) is 0 Å². The summed E-state index contributed by atoms with van der Waals surface area (Å²) in [7, 11) is -2.18. The lowest BCUT2D eigenvalue weighted by atomic mass is 9.94. The van der Waals surface area contributed by atoms with Crippen molar-refractivity contribution in [2.75, 3.05) is 6.61 Å². The summed E-state index contributed by atoms with van der Waals surface area (Å²) in [5.74, 6) is -1.69. The molecule has 8 atom stereocenters. The quantitative estimate of drug-likeness (QED) is 0.283. The van der Waals surface area contributed by atoms with Crippen LogP contribution in [0.2, 0.25) is 18.1 Å². The fourth-order valence-corrected chi connectivity index (χ4v) is 5.90. The summed E-state index contributed by atoms with van der Waals surface area (Å²) in [6.07, 6.45) is -3.91. The average Bonchev–Trinajstić information content (AvgIpc) is 3.27. The Balaban J connectivity index is 1.77. The molecular formula is C24H43ClO8Si. The Bertz CT molecular complexity index is 752. The average molecular weight is 523 g/mol. The third kappa shape index (κ3) is 5.90. The number of aliphatic hydroxyl groups is 2. The highest BCUT2D eigenvalue weighted by Gasteiger charge is 2.58. The standard InChI is InChI=1S/C24H43ClO8Si/c1-13(17-18(14(25)12-26)30-23(5,6)29-17)15(27)11-16-19(33-34(9,10)22(2,3)4)20-21(28-16)32-24(7,8)31-20/h14-21,26-27H,1,11-12H2,2-10H3/t14-,15-,16-,17-,18-,19+,20-,21-/m1/s1. The molecule has 3 aliphatic heterocycles. The van der Waals surface area contributed by atoms with Crippen LogP contribution in [-0.4, -0.2) is 85.0 Å². The molecule has 0 aromatic rings. The van der Waals surface area contributed by atoms with Crippen LogP contribution >= 0.6 is 11.6 Å². The van der Waals surface area contributed by atoms with Crippen molar-refractivity contribution >= 4 is 19.9 Å². The fraction of sp³-hybridized carbons (Fsp3) is 0.917. The number of aliphatic hydroxyl groups excluding tert-OH is 2. The second-order valence-electron chi connectivity index (χ2n) is 12.0. The van der Waals surface area contributed by atoms with Gasteiger partial charge in [-0.1, -0.05) is 27.4 Å². The Labute approximate surface area is 210 Å². The van der Waals surface area contributed by atoms with Crippen LogP contribution in [0.4, 0.5) is 0 Å². The van der Waals surface area contributed by atoms with Crippen LogP contribution < -0.4 is 0 Å². The van der Waals surface area contributed by atoms with Gasteiger partial charge in [-0.15, -0.1) is 11.6 Å². The van der Waals surface area contributed by atoms with Gasteiger partial charge < -0.3 is 38.3 Å². The lowest BCUT2D eigenvalue weighted by Gasteiger charge is -2.40. The summed E-state index contributed by atoms with van der Waals surface area (Å²) in [4.78, 5) is 0. The second kappa shape index (κ2) is 9.67. The van der Waals surface area contributed by atoms with E-state index in [2.05, 4.69) is 40.4 Å². The summed E-state index contributed by atoms with van der Waals surface area (Å²) in [5.41, 5.74) is 0.420. The number of alkyl halides is 1. The minimum Gasteiger partial charge on any atom is -0.408 e. The van der Waals surface area contributed by atoms with Crippen LogP contribution in [0.5, 0.6) is 0 Å². The van der Waals surface area contributed by atoms with Gasteiger partial charge in [0.1, 0.15) is 24.4 Å². The number of hydrogen-bond acceptors (Lipinski definition) is 8. The van der Waals surface area contributed by atoms with E-state index in [1.807, 2.05) is 13.8 Å². The van der Waals surface area contributed by atoms with Crippen LogP contribution in [-0.2, 0) is 28.1 Å². The summed E-state index contributed by atoms with van der Waals surface area (Å²) < 4.78 is 37.0. The van der Waals surface area contributed by atoms with Crippen molar-refractivity contribution in [3.05, 3.63) is 12.2 Å². The third-order valence-electron chi connectivity index (χ3n) is 7.23. The van der Waals surface area contributed by atoms with E-state index in [4.69, 9.17) is 39.7 Å². The van der Waals surface area contributed by atoms with Gasteiger partial charge in [-0.25, -0.2) is 0 Å². The Morgan fingerprint density at radius 1 is 1.09 bits per heavy atom. The highest BCUT2D eigenvalue weighted by atomic mass is 35.5. The third-order valence-corrected chi connectivity index (χ3v) is 12.1. The van der Waals surface area contributed by atoms with Crippen LogP contribution in [0, 0.1) is 0 Å². The first-order chi connectivity index (χ1) is 15.4. The summed E-state index contributed by atoms with van der Waals surface area (Å²) in [6.45, 7) is 21.9. The molecule has 0 spiro atoms. The normalized spacial score (nSPS) is 36.9. The molecule has 0 bridgehead atoms. The molecule has 0 aromatic carbocycles. The van der Waals surface area contributed by atoms with Gasteiger partial charge >= 0.3 is 0 Å². The first-order valence-electron chi connectivity index (χ1n) is 12.0. The molecule has 2 N–H and O–H groups in total. The molecule has 3 aliphatic rings. The van der Waals surface area contributed by atoms with E-state index in [1.165, 1.54) is 0 Å². The van der Waals surface area contributed by atoms with Crippen molar-refractivity contribution in [2.45, 2.75) is 133 Å². The predicted octanol–water partition coefficient (Wildman–Crippen LogP) is 3.68. The molecule has 0 aromatic heterocycles. The Kier molecular flexibility index (Phi) is 8.10. The van der Waals surface area contributed by atoms with E-state index in [9.17, 15) is 10.2 Å². The zero-order valence-corrected chi connectivity index (χ0v) is 23.7. The smallest absolute Gasteiger partial charge is 0.192 e. The Morgan fingerprint density at radius 3 is 2.24 bits per heavy atom. The van der Waals surface area contributed by atoms with Gasteiger partial charge in [-0.05, 0) is 51.4 Å². The molecule has 3 fully saturated rings. The van der Waals surface area contributed by atoms with Crippen molar-refractivity contribution in [3.63, 3.8) is 0 Å². The maximum absolute atomic E-state index is 11.2. The van der Waals surface area contributed by atoms with Gasteiger partial charge in [0.2, 0.25) is 0 Å². The first-order valence-corrected chi connectivity index (χ1v) is 15.4. The number of hydrogen-bond donors (Lipinski definition) is 2. The molecular weight excluding hydrogens is 480 g/mol. The van der Waals surface area contributed by atoms with Crippen LogP contribution in [0.15, 0.2) is 12.2 Å². The number of rotatable bonds is 8. The van der Waals surface area contributed by atoms with Crippen LogP contribution in [0.1, 0.15) is 54.9 Å². The molecule has 10 heteroatoms. The van der Waals surface area contributed by atoms with Crippen LogP contribution in [0.25, 0.3) is 0 Å².